The first kappa shape index (κ1) is 78.0. The maximum absolute atomic E-state index is 12.9. The molecule has 20 N–H and O–H groups in total. The maximum Gasteiger partial charge on any atom is 0.397 e. The van der Waals surface area contributed by atoms with Crippen molar-refractivity contribution in [3.8, 4) is 0 Å². The van der Waals surface area contributed by atoms with Crippen LogP contribution in [0.3, 0.4) is 0 Å². The van der Waals surface area contributed by atoms with Crippen molar-refractivity contribution >= 4 is 94.8 Å². The molecule has 0 aromatic heterocycles. The second-order valence-corrected chi connectivity index (χ2v) is 27.4. The number of rotatable bonds is 29. The molecule has 52 nitrogen and oxygen atoms in total. The van der Waals surface area contributed by atoms with Gasteiger partial charge in [0.05, 0.1) is 19.8 Å². The second kappa shape index (κ2) is 29.3. The van der Waals surface area contributed by atoms with Crippen LogP contribution in [0, 0.1) is 0 Å². The quantitative estimate of drug-likeness (QED) is 0.0309. The third kappa shape index (κ3) is 22.4. The Morgan fingerprint density at radius 1 is 0.333 bits per heavy atom. The zero-order valence-electron chi connectivity index (χ0n) is 43.0. The van der Waals surface area contributed by atoms with Gasteiger partial charge in [-0.25, -0.2) is 30.5 Å². The van der Waals surface area contributed by atoms with Crippen LogP contribution in [0.5, 0.6) is 0 Å². The monoisotopic (exact) mass is 1490 g/mol. The van der Waals surface area contributed by atoms with Gasteiger partial charge in [-0.2, -0.15) is 81.5 Å². The van der Waals surface area contributed by atoms with E-state index >= 15 is 0 Å². The summed E-state index contributed by atoms with van der Waals surface area (Å²) in [4.78, 5) is 25.7. The Kier molecular flexibility index (Phi) is 25.4. The molecule has 0 amide bonds. The molecule has 5 aliphatic heterocycles. The summed E-state index contributed by atoms with van der Waals surface area (Å²) < 4.78 is 339. The lowest BCUT2D eigenvalue weighted by molar-refractivity contribution is -0.372. The zero-order chi connectivity index (χ0) is 68.7. The largest absolute Gasteiger partial charge is 0.479 e. The lowest BCUT2D eigenvalue weighted by Crippen LogP contribution is -2.71. The highest BCUT2D eigenvalue weighted by Gasteiger charge is 2.61. The zero-order valence-corrected chi connectivity index (χ0v) is 49.5. The van der Waals surface area contributed by atoms with E-state index in [9.17, 15) is 150 Å². The number of aliphatic carboxylic acids is 2. The van der Waals surface area contributed by atoms with E-state index in [0.717, 1.165) is 4.72 Å². The molecule has 60 heteroatoms. The van der Waals surface area contributed by atoms with Gasteiger partial charge in [-0.05, 0) is 0 Å². The number of hydrogen-bond donors (Lipinski definition) is 20. The highest BCUT2D eigenvalue weighted by molar-refractivity contribution is 7.84. The Morgan fingerprint density at radius 2 is 0.700 bits per heavy atom. The van der Waals surface area contributed by atoms with E-state index in [-0.39, 0.29) is 0 Å². The molecule has 0 bridgehead atoms. The fraction of sp³-hybridized carbons (Fsp3) is 0.933. The van der Waals surface area contributed by atoms with Crippen LogP contribution in [-0.4, -0.2) is 335 Å². The Bertz CT molecular complexity index is 3470. The van der Waals surface area contributed by atoms with E-state index in [1.54, 1.807) is 0 Å². The summed E-state index contributed by atoms with van der Waals surface area (Å²) >= 11 is 0. The Morgan fingerprint density at radius 3 is 1.14 bits per heavy atom. The van der Waals surface area contributed by atoms with Crippen LogP contribution in [0.4, 0.5) is 0 Å². The van der Waals surface area contributed by atoms with Crippen LogP contribution in [0.2, 0.25) is 0 Å². The summed E-state index contributed by atoms with van der Waals surface area (Å²) in [7, 11) is -46.7. The second-order valence-electron chi connectivity index (χ2n) is 18.5. The Labute approximate surface area is 502 Å². The predicted octanol–water partition coefficient (Wildman–Crippen LogP) is -14.4. The lowest BCUT2D eigenvalue weighted by atomic mass is 9.94. The average Bonchev–Trinajstić information content (AvgIpc) is 0.774. The fourth-order valence-electron chi connectivity index (χ4n) is 8.80. The number of carboxylic acid groups (broad SMARTS) is 2. The minimum atomic E-state index is -6.36. The highest BCUT2D eigenvalue weighted by Crippen LogP contribution is 2.38. The molecule has 5 aliphatic rings. The lowest BCUT2D eigenvalue weighted by Gasteiger charge is -2.50. The summed E-state index contributed by atoms with van der Waals surface area (Å²) in [6.45, 7) is -5.16. The van der Waals surface area contributed by atoms with Crippen LogP contribution < -0.4 is 14.2 Å². The third-order valence-electron chi connectivity index (χ3n) is 12.2. The highest BCUT2D eigenvalue weighted by atomic mass is 32.3. The van der Waals surface area contributed by atoms with E-state index in [1.807, 2.05) is 0 Å². The van der Waals surface area contributed by atoms with E-state index < -0.39 is 268 Å². The van der Waals surface area contributed by atoms with E-state index in [0.29, 0.717) is 0 Å². The normalized spacial score (nSPS) is 38.9. The van der Waals surface area contributed by atoms with Crippen molar-refractivity contribution in [2.45, 2.75) is 153 Å². The number of hydrogen-bond acceptors (Lipinski definition) is 39. The first-order valence-electron chi connectivity index (χ1n) is 23.2. The molecule has 0 aromatic carbocycles. The van der Waals surface area contributed by atoms with Gasteiger partial charge in [0.25, 0.3) is 0 Å². The molecule has 0 unspecified atom stereocenters. The van der Waals surface area contributed by atoms with Crippen molar-refractivity contribution in [2.24, 2.45) is 0 Å². The number of aliphatic hydroxyl groups is 7. The van der Waals surface area contributed by atoms with Gasteiger partial charge in [-0.15, -0.1) is 0 Å². The van der Waals surface area contributed by atoms with E-state index in [4.69, 9.17) is 51.7 Å². The van der Waals surface area contributed by atoms with Gasteiger partial charge in [-0.3, -0.25) is 36.4 Å². The summed E-state index contributed by atoms with van der Waals surface area (Å²) in [5, 5.41) is 97.8. The predicted molar refractivity (Wildman–Crippen MR) is 257 cm³/mol. The number of aliphatic hydroxyl groups excluding tert-OH is 7. The van der Waals surface area contributed by atoms with Gasteiger partial charge in [0.2, 0.25) is 0 Å². The standard InChI is InChI=1S/C30H51N3O49S8/c34-10-4(1-69-86(54,55)56)73-27(8(11(10)35)32-84(48,49)50)77-19-13(37)14(38)29(79-22(19)24(40)41)76-17-6(3-71-88(60,61)62)74-28(9(33-85(51,52)53)18(17)81-89(63,64)65)78-20-15(39)21(82-90(66,67)68)30(80-23(20)25(42)43)75-16-5(2-70-87(57,58)59)72-26(44)7(12(16)36)31-83(45,46)47/h4-23,26-39,44H,1-3H2,(H,40,41)(H,42,43)(H,45,46,47)(H,48,49,50)(H,51,52,53)(H,54,55,56)(H,57,58,59)(H,60,61,62)(H,63,64,65)(H,66,67,68)/t4-,5-,6-,7+,8+,9+,10+,11-,12-,13+,14-,15-,16+,17+,18-,19+,20+,21-,22-,23-,26-,27+,28+,29+,30+/m1/s1. The number of carbonyl (C=O) groups is 2. The molecule has 0 radical (unpaired) electrons. The first-order chi connectivity index (χ1) is 40.6. The third-order valence-corrected chi connectivity index (χ3v) is 16.2. The van der Waals surface area contributed by atoms with Crippen molar-refractivity contribution < 1.29 is 223 Å². The van der Waals surface area contributed by atoms with Crippen molar-refractivity contribution in [3.63, 3.8) is 0 Å². The molecule has 90 heavy (non-hydrogen) atoms. The number of nitrogens with one attached hydrogen (secondary N) is 3. The summed E-state index contributed by atoms with van der Waals surface area (Å²) in [5.74, 6) is -4.94. The van der Waals surface area contributed by atoms with Crippen LogP contribution >= 0.6 is 0 Å². The molecule has 0 saturated carbocycles. The first-order valence-corrected chi connectivity index (χ1v) is 34.3. The van der Waals surface area contributed by atoms with E-state index in [1.165, 1.54) is 9.44 Å². The molecule has 0 aromatic rings. The minimum absolute atomic E-state index is 1.09. The fourth-order valence-corrected chi connectivity index (χ4v) is 12.5. The molecule has 25 atom stereocenters. The van der Waals surface area contributed by atoms with Crippen molar-refractivity contribution in [2.75, 3.05) is 19.8 Å². The molecular formula is C30H51N3O49S8. The van der Waals surface area contributed by atoms with Gasteiger partial charge < -0.3 is 88.6 Å². The van der Waals surface area contributed by atoms with Crippen LogP contribution in [0.25, 0.3) is 0 Å². The van der Waals surface area contributed by atoms with Crippen molar-refractivity contribution in [1.82, 2.24) is 14.2 Å². The van der Waals surface area contributed by atoms with Gasteiger partial charge >= 0.3 is 94.8 Å². The molecule has 0 aliphatic carbocycles. The molecule has 5 rings (SSSR count). The molecule has 5 saturated heterocycles. The van der Waals surface area contributed by atoms with Gasteiger partial charge in [0.15, 0.2) is 49.8 Å². The Balaban J connectivity index is 1.59. The summed E-state index contributed by atoms with van der Waals surface area (Å²) in [6.07, 6.45) is -64.7. The van der Waals surface area contributed by atoms with Crippen molar-refractivity contribution in [1.29, 1.82) is 0 Å². The molecule has 528 valence electrons. The SMILES string of the molecule is O=C(O)[C@@H]1O[C@H](O[C@@H]2[C@H](OS(=O)(=O)O)[C@H](NS(=O)(=O)O)[C@H](O[C@H]3[C@@H](O)[C@@H](OS(=O)(=O)O)[C@@H](O[C@@H]4[C@H](O)[C@H](NS(=O)(=O)O)[C@H](O)O[C@@H]4COS(=O)(=O)O)O[C@H]3C(=O)O)O[C@@H]2COS(=O)(=O)O)[C@H](O)[C@H](O)[C@@H]1O[C@@H]1O[C@H](COS(=O)(=O)O)[C@H](O)[C@H](O)[C@@H]1NS(=O)(=O)O. The van der Waals surface area contributed by atoms with Gasteiger partial charge in [0.1, 0.15) is 104 Å². The molecule has 5 heterocycles. The molecule has 0 spiro atoms. The van der Waals surface area contributed by atoms with E-state index in [2.05, 4.69) is 20.9 Å². The summed E-state index contributed by atoms with van der Waals surface area (Å²) in [5.41, 5.74) is 0. The number of carboxylic acids is 2. The smallest absolute Gasteiger partial charge is 0.397 e. The van der Waals surface area contributed by atoms with Gasteiger partial charge in [0, 0.05) is 0 Å². The topological polar surface area (TPSA) is 816 Å². The summed E-state index contributed by atoms with van der Waals surface area (Å²) in [6, 6.07) is -8.42. The molecule has 5 fully saturated rings. The van der Waals surface area contributed by atoms with Crippen molar-refractivity contribution in [3.05, 3.63) is 0 Å². The minimum Gasteiger partial charge on any atom is -0.479 e. The van der Waals surface area contributed by atoms with Gasteiger partial charge in [-0.1, -0.05) is 0 Å². The van der Waals surface area contributed by atoms with Crippen LogP contribution in [0.15, 0.2) is 0 Å². The average molecular weight is 1490 g/mol. The number of ether oxygens (including phenoxy) is 9. The van der Waals surface area contributed by atoms with Crippen LogP contribution in [-0.2, 0) is 156 Å². The maximum atomic E-state index is 12.9. The van der Waals surface area contributed by atoms with Crippen LogP contribution in [0.1, 0.15) is 0 Å². The Hall–Kier alpha value is -2.74. The molecular weight excluding hydrogens is 1440 g/mol.